The van der Waals surface area contributed by atoms with Gasteiger partial charge in [-0.15, -0.1) is 0 Å². The largest absolute Gasteiger partial charge is 0.506 e. The number of hydrogen-bond donors (Lipinski definition) is 3. The third-order valence-electron chi connectivity index (χ3n) is 3.20. The Morgan fingerprint density at radius 1 is 1.30 bits per heavy atom. The lowest BCUT2D eigenvalue weighted by Crippen LogP contribution is -2.34. The van der Waals surface area contributed by atoms with Gasteiger partial charge in [-0.2, -0.15) is 5.10 Å². The number of hydrazone groups is 1. The Labute approximate surface area is 166 Å². The van der Waals surface area contributed by atoms with Gasteiger partial charge in [0.1, 0.15) is 5.75 Å². The summed E-state index contributed by atoms with van der Waals surface area (Å²) in [6, 6.07) is 8.35. The number of benzene rings is 2. The van der Waals surface area contributed by atoms with E-state index in [1.807, 2.05) is 0 Å². The number of amides is 2. The van der Waals surface area contributed by atoms with Crippen molar-refractivity contribution in [3.63, 3.8) is 0 Å². The van der Waals surface area contributed by atoms with Crippen LogP contribution in [0, 0.1) is 10.1 Å². The highest BCUT2D eigenvalue weighted by atomic mass is 79.9. The molecule has 140 valence electrons. The van der Waals surface area contributed by atoms with Crippen LogP contribution in [0.1, 0.15) is 15.9 Å². The molecule has 0 atom stereocenters. The first-order chi connectivity index (χ1) is 12.8. The van der Waals surface area contributed by atoms with Crippen molar-refractivity contribution in [2.75, 3.05) is 6.54 Å². The third kappa shape index (κ3) is 5.76. The van der Waals surface area contributed by atoms with E-state index in [1.165, 1.54) is 12.1 Å². The highest BCUT2D eigenvalue weighted by molar-refractivity contribution is 9.10. The highest BCUT2D eigenvalue weighted by Gasteiger charge is 2.14. The molecule has 2 aromatic rings. The first-order valence-corrected chi connectivity index (χ1v) is 8.47. The van der Waals surface area contributed by atoms with Crippen molar-refractivity contribution in [1.29, 1.82) is 0 Å². The molecule has 0 aliphatic heterocycles. The summed E-state index contributed by atoms with van der Waals surface area (Å²) in [6.07, 6.45) is 1.05. The van der Waals surface area contributed by atoms with Gasteiger partial charge in [-0.25, -0.2) is 5.43 Å². The van der Waals surface area contributed by atoms with Crippen LogP contribution in [0.4, 0.5) is 5.69 Å². The molecule has 0 bridgehead atoms. The van der Waals surface area contributed by atoms with Crippen molar-refractivity contribution >= 4 is 51.2 Å². The van der Waals surface area contributed by atoms with Gasteiger partial charge in [0.05, 0.1) is 22.2 Å². The minimum atomic E-state index is -0.633. The van der Waals surface area contributed by atoms with Gasteiger partial charge in [-0.05, 0) is 40.2 Å². The average Bonchev–Trinajstić information content (AvgIpc) is 2.63. The lowest BCUT2D eigenvalue weighted by molar-refractivity contribution is -0.385. The number of non-ortho nitro benzene ring substituents is 1. The number of nitro benzene ring substituents is 1. The van der Waals surface area contributed by atoms with E-state index in [4.69, 9.17) is 11.6 Å². The number of aromatic hydroxyl groups is 1. The van der Waals surface area contributed by atoms with Crippen LogP contribution in [0.2, 0.25) is 5.02 Å². The quantitative estimate of drug-likeness (QED) is 0.350. The molecule has 0 saturated carbocycles. The summed E-state index contributed by atoms with van der Waals surface area (Å²) in [5.41, 5.74) is 2.24. The maximum Gasteiger partial charge on any atom is 0.271 e. The molecule has 0 aliphatic carbocycles. The van der Waals surface area contributed by atoms with Crippen molar-refractivity contribution in [2.45, 2.75) is 0 Å². The fourth-order valence-electron chi connectivity index (χ4n) is 1.89. The number of carbonyl (C=O) groups is 2. The molecule has 0 fully saturated rings. The number of carbonyl (C=O) groups excluding carboxylic acids is 2. The van der Waals surface area contributed by atoms with Crippen molar-refractivity contribution < 1.29 is 19.6 Å². The number of halogens is 2. The van der Waals surface area contributed by atoms with Gasteiger partial charge < -0.3 is 10.4 Å². The van der Waals surface area contributed by atoms with Crippen molar-refractivity contribution in [2.24, 2.45) is 5.10 Å². The second-order valence-electron chi connectivity index (χ2n) is 5.11. The Balaban J connectivity index is 1.92. The Morgan fingerprint density at radius 3 is 2.59 bits per heavy atom. The Hall–Kier alpha value is -2.98. The van der Waals surface area contributed by atoms with Crippen LogP contribution in [0.5, 0.6) is 5.75 Å². The molecule has 9 nitrogen and oxygen atoms in total. The molecule has 2 rings (SSSR count). The molecule has 0 unspecified atom stereocenters. The maximum atomic E-state index is 11.9. The van der Waals surface area contributed by atoms with Crippen LogP contribution in [0.25, 0.3) is 0 Å². The van der Waals surface area contributed by atoms with Crippen LogP contribution < -0.4 is 10.7 Å². The fraction of sp³-hybridized carbons (Fsp3) is 0.0625. The van der Waals surface area contributed by atoms with E-state index in [2.05, 4.69) is 31.8 Å². The Kier molecular flexibility index (Phi) is 6.85. The van der Waals surface area contributed by atoms with Gasteiger partial charge in [0.15, 0.2) is 0 Å². The number of phenolic OH excluding ortho intramolecular Hbond substituents is 1. The lowest BCUT2D eigenvalue weighted by atomic mass is 10.2. The minimum Gasteiger partial charge on any atom is -0.506 e. The normalized spacial score (nSPS) is 10.6. The number of nitrogens with one attached hydrogen (secondary N) is 2. The van der Waals surface area contributed by atoms with Gasteiger partial charge in [-0.1, -0.05) is 11.6 Å². The molecule has 3 N–H and O–H groups in total. The molecule has 0 saturated heterocycles. The SMILES string of the molecule is O=C(CNC(=O)c1ccc(Cl)cc1)N/N=C\c1cc([N+](=O)[O-])cc(Br)c1O. The molecule has 0 radical (unpaired) electrons. The van der Waals surface area contributed by atoms with E-state index < -0.39 is 16.7 Å². The zero-order valence-corrected chi connectivity index (χ0v) is 15.8. The molecule has 2 amide bonds. The molecule has 0 spiro atoms. The molecule has 0 aliphatic rings. The van der Waals surface area contributed by atoms with E-state index in [-0.39, 0.29) is 28.0 Å². The fourth-order valence-corrected chi connectivity index (χ4v) is 2.48. The number of phenols is 1. The zero-order valence-electron chi connectivity index (χ0n) is 13.5. The number of hydrogen-bond acceptors (Lipinski definition) is 6. The van der Waals surface area contributed by atoms with Gasteiger partial charge in [0, 0.05) is 28.3 Å². The standard InChI is InChI=1S/C16H12BrClN4O5/c17-13-6-12(22(26)27)5-10(15(13)24)7-20-21-14(23)8-19-16(25)9-1-3-11(18)4-2-9/h1-7,24H,8H2,(H,19,25)(H,21,23)/b20-7-. The molecule has 11 heteroatoms. The maximum absolute atomic E-state index is 11.9. The highest BCUT2D eigenvalue weighted by Crippen LogP contribution is 2.31. The smallest absolute Gasteiger partial charge is 0.271 e. The second-order valence-corrected chi connectivity index (χ2v) is 6.40. The van der Waals surface area contributed by atoms with Gasteiger partial charge in [0.25, 0.3) is 17.5 Å². The van der Waals surface area contributed by atoms with Crippen LogP contribution in [0.3, 0.4) is 0 Å². The van der Waals surface area contributed by atoms with Gasteiger partial charge in [0.2, 0.25) is 0 Å². The van der Waals surface area contributed by atoms with E-state index in [9.17, 15) is 24.8 Å². The van der Waals surface area contributed by atoms with E-state index in [0.717, 1.165) is 18.3 Å². The Bertz CT molecular complexity index is 918. The summed E-state index contributed by atoms with van der Waals surface area (Å²) in [4.78, 5) is 33.8. The van der Waals surface area contributed by atoms with E-state index >= 15 is 0 Å². The summed E-state index contributed by atoms with van der Waals surface area (Å²) in [7, 11) is 0. The summed E-state index contributed by atoms with van der Waals surface area (Å²) in [5.74, 6) is -1.36. The zero-order chi connectivity index (χ0) is 20.0. The first-order valence-electron chi connectivity index (χ1n) is 7.30. The van der Waals surface area contributed by atoms with Crippen LogP contribution in [-0.2, 0) is 4.79 Å². The average molecular weight is 456 g/mol. The monoisotopic (exact) mass is 454 g/mol. The number of nitro groups is 1. The summed E-state index contributed by atoms with van der Waals surface area (Å²) >= 11 is 8.72. The van der Waals surface area contributed by atoms with Crippen molar-refractivity contribution in [1.82, 2.24) is 10.7 Å². The number of nitrogens with zero attached hydrogens (tertiary/aromatic N) is 2. The number of rotatable bonds is 6. The topological polar surface area (TPSA) is 134 Å². The van der Waals surface area contributed by atoms with Crippen molar-refractivity contribution in [3.8, 4) is 5.75 Å². The summed E-state index contributed by atoms with van der Waals surface area (Å²) < 4.78 is 0.111. The molecular weight excluding hydrogens is 444 g/mol. The van der Waals surface area contributed by atoms with E-state index in [0.29, 0.717) is 10.6 Å². The second kappa shape index (κ2) is 9.10. The summed E-state index contributed by atoms with van der Waals surface area (Å²) in [5, 5.41) is 27.2. The van der Waals surface area contributed by atoms with Crippen molar-refractivity contribution in [3.05, 3.63) is 67.1 Å². The minimum absolute atomic E-state index is 0.0292. The van der Waals surface area contributed by atoms with Crippen LogP contribution >= 0.6 is 27.5 Å². The molecule has 0 heterocycles. The van der Waals surface area contributed by atoms with E-state index in [1.54, 1.807) is 12.1 Å². The van der Waals surface area contributed by atoms with Gasteiger partial charge in [-0.3, -0.25) is 19.7 Å². The van der Waals surface area contributed by atoms with Crippen LogP contribution in [0.15, 0.2) is 46.0 Å². The van der Waals surface area contributed by atoms with Gasteiger partial charge >= 0.3 is 0 Å². The molecular formula is C16H12BrClN4O5. The first kappa shape index (κ1) is 20.3. The third-order valence-corrected chi connectivity index (χ3v) is 4.05. The molecule has 27 heavy (non-hydrogen) atoms. The molecule has 0 aromatic heterocycles. The Morgan fingerprint density at radius 2 is 1.96 bits per heavy atom. The predicted molar refractivity (Wildman–Crippen MR) is 102 cm³/mol. The predicted octanol–water partition coefficient (Wildman–Crippen LogP) is 2.60. The van der Waals surface area contributed by atoms with Crippen LogP contribution in [-0.4, -0.2) is 34.6 Å². The summed E-state index contributed by atoms with van der Waals surface area (Å²) in [6.45, 7) is -0.344. The molecule has 2 aromatic carbocycles. The lowest BCUT2D eigenvalue weighted by Gasteiger charge is -2.05.